The Kier molecular flexibility index (Phi) is 7.67. The number of aromatic nitrogens is 1. The average molecular weight is 550 g/mol. The highest BCUT2D eigenvalue weighted by atomic mass is 32.2. The first-order chi connectivity index (χ1) is 18.6. The van der Waals surface area contributed by atoms with Crippen LogP contribution in [-0.2, 0) is 32.4 Å². The maximum Gasteiger partial charge on any atom is 0.309 e. The molecular weight excluding hydrogens is 514 g/mol. The molecule has 3 aromatic rings. The normalized spacial score (nSPS) is 19.2. The van der Waals surface area contributed by atoms with Gasteiger partial charge in [-0.2, -0.15) is 0 Å². The SMILES string of the molecule is CCOC(=O)C1C2Cc3cc(OCc4cccc(-c5c(C)cc(OCCCS(C)(=O)=O)cc5C)c4)ncc3C21. The van der Waals surface area contributed by atoms with E-state index >= 15 is 0 Å². The van der Waals surface area contributed by atoms with Gasteiger partial charge in [-0.15, -0.1) is 0 Å². The first-order valence-electron chi connectivity index (χ1n) is 13.4. The van der Waals surface area contributed by atoms with E-state index < -0.39 is 9.84 Å². The second-order valence-corrected chi connectivity index (χ2v) is 12.9. The number of nitrogens with zero attached hydrogens (tertiary/aromatic N) is 1. The molecule has 0 amide bonds. The first-order valence-corrected chi connectivity index (χ1v) is 15.5. The third kappa shape index (κ3) is 6.11. The second kappa shape index (κ2) is 11.0. The van der Waals surface area contributed by atoms with E-state index in [1.165, 1.54) is 11.8 Å². The molecule has 8 heteroatoms. The zero-order chi connectivity index (χ0) is 27.7. The molecule has 0 bridgehead atoms. The highest BCUT2D eigenvalue weighted by Gasteiger charge is 2.60. The van der Waals surface area contributed by atoms with Crippen molar-refractivity contribution in [3.05, 3.63) is 76.5 Å². The molecule has 0 radical (unpaired) electrons. The number of sulfone groups is 1. The third-order valence-corrected chi connectivity index (χ3v) is 8.61. The number of benzene rings is 2. The van der Waals surface area contributed by atoms with Crippen LogP contribution < -0.4 is 9.47 Å². The monoisotopic (exact) mass is 549 g/mol. The summed E-state index contributed by atoms with van der Waals surface area (Å²) in [5.41, 5.74) is 7.83. The second-order valence-electron chi connectivity index (χ2n) is 10.6. The molecule has 0 aliphatic heterocycles. The molecule has 7 nitrogen and oxygen atoms in total. The van der Waals surface area contributed by atoms with Gasteiger partial charge in [-0.05, 0) is 96.7 Å². The maximum absolute atomic E-state index is 12.1. The van der Waals surface area contributed by atoms with Gasteiger partial charge in [0.05, 0.1) is 24.9 Å². The lowest BCUT2D eigenvalue weighted by Crippen LogP contribution is -2.11. The van der Waals surface area contributed by atoms with Crippen molar-refractivity contribution < 1.29 is 27.4 Å². The Morgan fingerprint density at radius 2 is 1.85 bits per heavy atom. The van der Waals surface area contributed by atoms with Crippen molar-refractivity contribution in [2.45, 2.75) is 46.1 Å². The fourth-order valence-corrected chi connectivity index (χ4v) is 6.50. The van der Waals surface area contributed by atoms with E-state index in [0.29, 0.717) is 38.0 Å². The van der Waals surface area contributed by atoms with E-state index in [0.717, 1.165) is 45.6 Å². The number of pyridine rings is 1. The van der Waals surface area contributed by atoms with Crippen molar-refractivity contribution >= 4 is 15.8 Å². The molecule has 1 fully saturated rings. The average Bonchev–Trinajstić information content (AvgIpc) is 3.46. The Balaban J connectivity index is 1.22. The standard InChI is InChI=1S/C31H35NO6S/c1-5-36-31(33)30-25-15-23-16-27(32-17-26(23)29(25)30)38-18-21-8-6-9-22(14-21)28-19(2)12-24(13-20(28)3)37-10-7-11-39(4,34)35/h6,8-9,12-14,16-17,25,29-30H,5,7,10-11,15,18H2,1-4H3. The molecule has 1 aromatic heterocycles. The summed E-state index contributed by atoms with van der Waals surface area (Å²) in [5, 5.41) is 0. The molecule has 0 saturated heterocycles. The summed E-state index contributed by atoms with van der Waals surface area (Å²) >= 11 is 0. The van der Waals surface area contributed by atoms with Gasteiger partial charge in [0.15, 0.2) is 0 Å². The number of carbonyl (C=O) groups excluding carboxylic acids is 1. The minimum Gasteiger partial charge on any atom is -0.494 e. The van der Waals surface area contributed by atoms with Gasteiger partial charge in [0.1, 0.15) is 22.2 Å². The molecule has 206 valence electrons. The molecular formula is C31H35NO6S. The summed E-state index contributed by atoms with van der Waals surface area (Å²) in [7, 11) is -2.98. The smallest absolute Gasteiger partial charge is 0.309 e. The van der Waals surface area contributed by atoms with Crippen molar-refractivity contribution in [3.8, 4) is 22.8 Å². The fraction of sp³-hybridized carbons (Fsp3) is 0.419. The van der Waals surface area contributed by atoms with Crippen molar-refractivity contribution in [3.63, 3.8) is 0 Å². The van der Waals surface area contributed by atoms with Gasteiger partial charge in [0.25, 0.3) is 0 Å². The van der Waals surface area contributed by atoms with Crippen LogP contribution in [0.1, 0.15) is 47.1 Å². The van der Waals surface area contributed by atoms with Crippen molar-refractivity contribution in [2.24, 2.45) is 11.8 Å². The molecule has 39 heavy (non-hydrogen) atoms. The van der Waals surface area contributed by atoms with Crippen LogP contribution in [0.3, 0.4) is 0 Å². The molecule has 2 aliphatic carbocycles. The Bertz CT molecular complexity index is 1480. The Labute approximate surface area is 230 Å². The highest BCUT2D eigenvalue weighted by molar-refractivity contribution is 7.90. The number of fused-ring (bicyclic) bond motifs is 3. The van der Waals surface area contributed by atoms with E-state index in [2.05, 4.69) is 31.0 Å². The molecule has 2 aliphatic rings. The van der Waals surface area contributed by atoms with Gasteiger partial charge in [-0.3, -0.25) is 4.79 Å². The van der Waals surface area contributed by atoms with Gasteiger partial charge in [-0.1, -0.05) is 18.2 Å². The quantitative estimate of drug-likeness (QED) is 0.240. The highest BCUT2D eigenvalue weighted by Crippen LogP contribution is 2.61. The minimum atomic E-state index is -2.98. The summed E-state index contributed by atoms with van der Waals surface area (Å²) in [6, 6.07) is 14.3. The Morgan fingerprint density at radius 1 is 1.08 bits per heavy atom. The van der Waals surface area contributed by atoms with Gasteiger partial charge in [-0.25, -0.2) is 13.4 Å². The third-order valence-electron chi connectivity index (χ3n) is 7.58. The molecule has 0 N–H and O–H groups in total. The van der Waals surface area contributed by atoms with Crippen molar-refractivity contribution in [1.82, 2.24) is 4.98 Å². The van der Waals surface area contributed by atoms with Crippen LogP contribution in [0.15, 0.2) is 48.7 Å². The molecule has 1 saturated carbocycles. The van der Waals surface area contributed by atoms with Gasteiger partial charge in [0.2, 0.25) is 5.88 Å². The van der Waals surface area contributed by atoms with Crippen LogP contribution in [-0.4, -0.2) is 44.6 Å². The lowest BCUT2D eigenvalue weighted by Gasteiger charge is -2.15. The number of carbonyl (C=O) groups is 1. The van der Waals surface area contributed by atoms with Crippen LogP contribution in [0.5, 0.6) is 11.6 Å². The maximum atomic E-state index is 12.1. The minimum absolute atomic E-state index is 0.0128. The fourth-order valence-electron chi connectivity index (χ4n) is 5.85. The Morgan fingerprint density at radius 3 is 2.56 bits per heavy atom. The number of hydrogen-bond acceptors (Lipinski definition) is 7. The number of esters is 1. The topological polar surface area (TPSA) is 91.8 Å². The predicted octanol–water partition coefficient (Wildman–Crippen LogP) is 5.21. The largest absolute Gasteiger partial charge is 0.494 e. The summed E-state index contributed by atoms with van der Waals surface area (Å²) in [5.74, 6) is 1.94. The summed E-state index contributed by atoms with van der Waals surface area (Å²) in [4.78, 5) is 16.7. The van der Waals surface area contributed by atoms with E-state index in [4.69, 9.17) is 14.2 Å². The van der Waals surface area contributed by atoms with E-state index in [9.17, 15) is 13.2 Å². The molecule has 5 rings (SSSR count). The summed E-state index contributed by atoms with van der Waals surface area (Å²) in [6.45, 7) is 7.13. The zero-order valence-electron chi connectivity index (χ0n) is 22.9. The van der Waals surface area contributed by atoms with Crippen molar-refractivity contribution in [2.75, 3.05) is 25.2 Å². The molecule has 3 atom stereocenters. The number of aryl methyl sites for hydroxylation is 2. The zero-order valence-corrected chi connectivity index (χ0v) is 23.7. The number of ether oxygens (including phenoxy) is 3. The predicted molar refractivity (Wildman–Crippen MR) is 150 cm³/mol. The molecule has 3 unspecified atom stereocenters. The molecule has 0 spiro atoms. The van der Waals surface area contributed by atoms with Crippen LogP contribution >= 0.6 is 0 Å². The summed E-state index contributed by atoms with van der Waals surface area (Å²) in [6.07, 6.45) is 4.44. The Hall–Kier alpha value is -3.39. The lowest BCUT2D eigenvalue weighted by molar-refractivity contribution is -0.145. The van der Waals surface area contributed by atoms with Crippen LogP contribution in [0.4, 0.5) is 0 Å². The number of rotatable bonds is 11. The number of hydrogen-bond donors (Lipinski definition) is 0. The summed E-state index contributed by atoms with van der Waals surface area (Å²) < 4.78 is 39.8. The van der Waals surface area contributed by atoms with Gasteiger partial charge in [0, 0.05) is 24.4 Å². The van der Waals surface area contributed by atoms with E-state index in [1.54, 1.807) is 0 Å². The van der Waals surface area contributed by atoms with Gasteiger partial charge < -0.3 is 14.2 Å². The molecule has 2 aromatic carbocycles. The lowest BCUT2D eigenvalue weighted by atomic mass is 9.94. The van der Waals surface area contributed by atoms with Gasteiger partial charge >= 0.3 is 5.97 Å². The van der Waals surface area contributed by atoms with Crippen LogP contribution in [0.2, 0.25) is 0 Å². The van der Waals surface area contributed by atoms with Crippen LogP contribution in [0.25, 0.3) is 11.1 Å². The van der Waals surface area contributed by atoms with Crippen LogP contribution in [0, 0.1) is 25.7 Å². The first kappa shape index (κ1) is 27.2. The van der Waals surface area contributed by atoms with Crippen molar-refractivity contribution in [1.29, 1.82) is 0 Å². The van der Waals surface area contributed by atoms with E-state index in [-0.39, 0.29) is 23.6 Å². The van der Waals surface area contributed by atoms with E-state index in [1.807, 2.05) is 43.5 Å². The molecule has 1 heterocycles.